The van der Waals surface area contributed by atoms with Crippen LogP contribution in [0.2, 0.25) is 0 Å². The molecular weight excluding hydrogens is 390 g/mol. The molecule has 1 aromatic carbocycles. The average molecular weight is 409 g/mol. The van der Waals surface area contributed by atoms with Gasteiger partial charge in [0.1, 0.15) is 17.0 Å². The summed E-state index contributed by atoms with van der Waals surface area (Å²) in [5, 5.41) is 4.49. The van der Waals surface area contributed by atoms with Crippen LogP contribution in [0, 0.1) is 0 Å². The molecule has 0 saturated heterocycles. The Labute approximate surface area is 169 Å². The van der Waals surface area contributed by atoms with Gasteiger partial charge in [0, 0.05) is 6.54 Å². The highest BCUT2D eigenvalue weighted by Gasteiger charge is 2.16. The van der Waals surface area contributed by atoms with Crippen LogP contribution in [0.3, 0.4) is 0 Å². The second-order valence-corrected chi connectivity index (χ2v) is 7.47. The summed E-state index contributed by atoms with van der Waals surface area (Å²) in [7, 11) is 0. The van der Waals surface area contributed by atoms with Gasteiger partial charge in [-0.15, -0.1) is 11.3 Å². The Hall–Kier alpha value is -3.39. The number of carbonyl (C=O) groups excluding carboxylic acids is 1. The first-order valence-corrected chi connectivity index (χ1v) is 10.1. The van der Waals surface area contributed by atoms with Gasteiger partial charge in [-0.2, -0.15) is 0 Å². The van der Waals surface area contributed by atoms with E-state index >= 15 is 0 Å². The monoisotopic (exact) mass is 409 g/mol. The fraction of sp³-hybridized carbons (Fsp3) is 0.190. The number of nitrogens with one attached hydrogen (secondary N) is 1. The number of furan rings is 1. The van der Waals surface area contributed by atoms with Crippen LogP contribution in [-0.4, -0.2) is 15.0 Å². The van der Waals surface area contributed by atoms with E-state index in [4.69, 9.17) is 4.42 Å². The summed E-state index contributed by atoms with van der Waals surface area (Å²) in [6.45, 7) is 0.322. The maximum atomic E-state index is 13.0. The van der Waals surface area contributed by atoms with Crippen LogP contribution >= 0.6 is 11.3 Å². The second-order valence-electron chi connectivity index (χ2n) is 6.55. The molecule has 148 valence electrons. The average Bonchev–Trinajstić information content (AvgIpc) is 3.42. The minimum Gasteiger partial charge on any atom is -0.467 e. The lowest BCUT2D eigenvalue weighted by Gasteiger charge is -2.12. The SMILES string of the molecule is O=C(Cn1c(=O)n(CCc2ccccc2)c(=O)c2sccc21)NCc1ccco1. The third-order valence-corrected chi connectivity index (χ3v) is 5.54. The minimum atomic E-state index is -0.482. The van der Waals surface area contributed by atoms with Crippen LogP contribution in [0.4, 0.5) is 0 Å². The summed E-state index contributed by atoms with van der Waals surface area (Å²) in [6, 6.07) is 14.9. The zero-order chi connectivity index (χ0) is 20.2. The van der Waals surface area contributed by atoms with Crippen molar-refractivity contribution in [2.24, 2.45) is 0 Å². The number of thiophene rings is 1. The van der Waals surface area contributed by atoms with Gasteiger partial charge in [0.2, 0.25) is 5.91 Å². The number of aryl methyl sites for hydroxylation is 1. The van der Waals surface area contributed by atoms with Crippen LogP contribution < -0.4 is 16.6 Å². The summed E-state index contributed by atoms with van der Waals surface area (Å²) in [5.74, 6) is 0.295. The lowest BCUT2D eigenvalue weighted by atomic mass is 10.1. The molecule has 0 unspecified atom stereocenters. The molecule has 4 rings (SSSR count). The summed E-state index contributed by atoms with van der Waals surface area (Å²) < 4.78 is 8.24. The molecule has 0 bridgehead atoms. The van der Waals surface area contributed by atoms with Crippen molar-refractivity contribution in [1.82, 2.24) is 14.5 Å². The lowest BCUT2D eigenvalue weighted by molar-refractivity contribution is -0.121. The number of nitrogens with zero attached hydrogens (tertiary/aromatic N) is 2. The molecule has 0 aliphatic heterocycles. The Balaban J connectivity index is 1.61. The van der Waals surface area contributed by atoms with Crippen molar-refractivity contribution < 1.29 is 9.21 Å². The van der Waals surface area contributed by atoms with Crippen LogP contribution in [0.25, 0.3) is 10.2 Å². The Morgan fingerprint density at radius 2 is 1.86 bits per heavy atom. The van der Waals surface area contributed by atoms with Gasteiger partial charge < -0.3 is 9.73 Å². The molecule has 8 heteroatoms. The first kappa shape index (κ1) is 18.9. The van der Waals surface area contributed by atoms with E-state index in [9.17, 15) is 14.4 Å². The molecule has 0 atom stereocenters. The molecule has 29 heavy (non-hydrogen) atoms. The quantitative estimate of drug-likeness (QED) is 0.508. The molecule has 1 amide bonds. The molecule has 0 aliphatic carbocycles. The van der Waals surface area contributed by atoms with E-state index in [1.165, 1.54) is 26.7 Å². The normalized spacial score (nSPS) is 11.0. The molecule has 3 aromatic heterocycles. The van der Waals surface area contributed by atoms with Gasteiger partial charge in [-0.3, -0.25) is 18.7 Å². The zero-order valence-electron chi connectivity index (χ0n) is 15.5. The van der Waals surface area contributed by atoms with Crippen molar-refractivity contribution in [3.05, 3.63) is 92.3 Å². The fourth-order valence-electron chi connectivity index (χ4n) is 3.17. The molecule has 0 fully saturated rings. The maximum Gasteiger partial charge on any atom is 0.332 e. The molecule has 0 radical (unpaired) electrons. The Kier molecular flexibility index (Phi) is 5.44. The van der Waals surface area contributed by atoms with Crippen molar-refractivity contribution in [1.29, 1.82) is 0 Å². The van der Waals surface area contributed by atoms with Crippen LogP contribution in [0.15, 0.2) is 74.2 Å². The topological polar surface area (TPSA) is 86.2 Å². The fourth-order valence-corrected chi connectivity index (χ4v) is 4.01. The van der Waals surface area contributed by atoms with E-state index in [0.717, 1.165) is 5.56 Å². The highest BCUT2D eigenvalue weighted by atomic mass is 32.1. The molecule has 7 nitrogen and oxygen atoms in total. The van der Waals surface area contributed by atoms with Gasteiger partial charge in [0.05, 0.1) is 18.3 Å². The summed E-state index contributed by atoms with van der Waals surface area (Å²) in [6.07, 6.45) is 2.08. The van der Waals surface area contributed by atoms with Crippen molar-refractivity contribution in [2.75, 3.05) is 0 Å². The number of rotatable bonds is 7. The molecule has 3 heterocycles. The van der Waals surface area contributed by atoms with E-state index in [1.54, 1.807) is 23.6 Å². The van der Waals surface area contributed by atoms with Gasteiger partial charge in [0.25, 0.3) is 5.56 Å². The third-order valence-electron chi connectivity index (χ3n) is 4.64. The predicted molar refractivity (Wildman–Crippen MR) is 111 cm³/mol. The van der Waals surface area contributed by atoms with Gasteiger partial charge >= 0.3 is 5.69 Å². The van der Waals surface area contributed by atoms with Gasteiger partial charge in [-0.05, 0) is 35.6 Å². The van der Waals surface area contributed by atoms with Crippen molar-refractivity contribution >= 4 is 27.5 Å². The highest BCUT2D eigenvalue weighted by molar-refractivity contribution is 7.17. The number of benzene rings is 1. The largest absolute Gasteiger partial charge is 0.467 e. The predicted octanol–water partition coefficient (Wildman–Crippen LogP) is 2.38. The summed E-state index contributed by atoms with van der Waals surface area (Å²) in [4.78, 5) is 38.2. The highest BCUT2D eigenvalue weighted by Crippen LogP contribution is 2.15. The molecule has 0 aliphatic rings. The number of carbonyl (C=O) groups is 1. The van der Waals surface area contributed by atoms with E-state index in [0.29, 0.717) is 22.4 Å². The first-order chi connectivity index (χ1) is 14.1. The van der Waals surface area contributed by atoms with E-state index in [1.807, 2.05) is 30.3 Å². The van der Waals surface area contributed by atoms with E-state index in [2.05, 4.69) is 5.32 Å². The Morgan fingerprint density at radius 3 is 2.62 bits per heavy atom. The number of hydrogen-bond donors (Lipinski definition) is 1. The zero-order valence-corrected chi connectivity index (χ0v) is 16.4. The van der Waals surface area contributed by atoms with Crippen LogP contribution in [-0.2, 0) is 30.8 Å². The lowest BCUT2D eigenvalue weighted by Crippen LogP contribution is -2.42. The Bertz CT molecular complexity index is 1240. The molecule has 0 saturated carbocycles. The van der Waals surface area contributed by atoms with Crippen molar-refractivity contribution in [2.45, 2.75) is 26.1 Å². The number of fused-ring (bicyclic) bond motifs is 1. The second kappa shape index (κ2) is 8.32. The van der Waals surface area contributed by atoms with Crippen LogP contribution in [0.1, 0.15) is 11.3 Å². The third kappa shape index (κ3) is 4.07. The molecular formula is C21H19N3O4S. The van der Waals surface area contributed by atoms with Gasteiger partial charge in [-0.25, -0.2) is 4.79 Å². The number of aromatic nitrogens is 2. The van der Waals surface area contributed by atoms with Gasteiger partial charge in [0.15, 0.2) is 0 Å². The number of hydrogen-bond acceptors (Lipinski definition) is 5. The Morgan fingerprint density at radius 1 is 1.03 bits per heavy atom. The maximum absolute atomic E-state index is 13.0. The van der Waals surface area contributed by atoms with Gasteiger partial charge in [-0.1, -0.05) is 30.3 Å². The summed E-state index contributed by atoms with van der Waals surface area (Å²) in [5.41, 5.74) is 0.718. The van der Waals surface area contributed by atoms with Crippen molar-refractivity contribution in [3.63, 3.8) is 0 Å². The summed E-state index contributed by atoms with van der Waals surface area (Å²) >= 11 is 1.27. The van der Waals surface area contributed by atoms with E-state index < -0.39 is 5.69 Å². The molecule has 0 spiro atoms. The smallest absolute Gasteiger partial charge is 0.332 e. The standard InChI is InChI=1S/C21H19N3O4S/c25-18(22-13-16-7-4-11-28-16)14-24-17-9-12-29-19(17)20(26)23(21(24)27)10-8-15-5-2-1-3-6-15/h1-7,9,11-12H,8,10,13-14H2,(H,22,25). The van der Waals surface area contributed by atoms with E-state index in [-0.39, 0.29) is 31.1 Å². The first-order valence-electron chi connectivity index (χ1n) is 9.17. The minimum absolute atomic E-state index is 0.168. The number of amides is 1. The molecule has 4 aromatic rings. The van der Waals surface area contributed by atoms with Crippen molar-refractivity contribution in [3.8, 4) is 0 Å². The molecule has 1 N–H and O–H groups in total. The van der Waals surface area contributed by atoms with Crippen LogP contribution in [0.5, 0.6) is 0 Å².